The SMILES string of the molecule is CCN1CC(Cc2ncc(F)cn2)CCC1C. The van der Waals surface area contributed by atoms with Crippen molar-refractivity contribution >= 4 is 0 Å². The zero-order chi connectivity index (χ0) is 12.3. The van der Waals surface area contributed by atoms with Gasteiger partial charge in [-0.15, -0.1) is 0 Å². The van der Waals surface area contributed by atoms with Crippen molar-refractivity contribution in [3.63, 3.8) is 0 Å². The molecule has 2 atom stereocenters. The highest BCUT2D eigenvalue weighted by Crippen LogP contribution is 2.23. The first-order valence-electron chi connectivity index (χ1n) is 6.39. The minimum absolute atomic E-state index is 0.360. The van der Waals surface area contributed by atoms with Crippen LogP contribution >= 0.6 is 0 Å². The van der Waals surface area contributed by atoms with Crippen LogP contribution < -0.4 is 0 Å². The average Bonchev–Trinajstić information content (AvgIpc) is 2.34. The second-order valence-corrected chi connectivity index (χ2v) is 4.90. The van der Waals surface area contributed by atoms with Crippen LogP contribution in [0.5, 0.6) is 0 Å². The van der Waals surface area contributed by atoms with Crippen LogP contribution in [0.15, 0.2) is 12.4 Å². The molecule has 0 radical (unpaired) electrons. The van der Waals surface area contributed by atoms with Crippen LogP contribution in [0.2, 0.25) is 0 Å². The molecule has 94 valence electrons. The van der Waals surface area contributed by atoms with E-state index in [2.05, 4.69) is 28.7 Å². The highest BCUT2D eigenvalue weighted by molar-refractivity contribution is 4.94. The third-order valence-electron chi connectivity index (χ3n) is 3.66. The summed E-state index contributed by atoms with van der Waals surface area (Å²) in [6.45, 7) is 6.70. The van der Waals surface area contributed by atoms with Crippen molar-refractivity contribution in [3.05, 3.63) is 24.0 Å². The predicted molar refractivity (Wildman–Crippen MR) is 65.1 cm³/mol. The summed E-state index contributed by atoms with van der Waals surface area (Å²) in [5, 5.41) is 0. The van der Waals surface area contributed by atoms with Crippen molar-refractivity contribution < 1.29 is 4.39 Å². The molecule has 1 saturated heterocycles. The lowest BCUT2D eigenvalue weighted by atomic mass is 9.91. The summed E-state index contributed by atoms with van der Waals surface area (Å²) in [6, 6.07) is 0.686. The first-order valence-corrected chi connectivity index (χ1v) is 6.39. The van der Waals surface area contributed by atoms with Crippen LogP contribution in [0.25, 0.3) is 0 Å². The molecule has 3 nitrogen and oxygen atoms in total. The van der Waals surface area contributed by atoms with Gasteiger partial charge >= 0.3 is 0 Å². The minimum Gasteiger partial charge on any atom is -0.301 e. The Kier molecular flexibility index (Phi) is 4.05. The molecule has 1 aromatic rings. The van der Waals surface area contributed by atoms with Crippen LogP contribution in [0.3, 0.4) is 0 Å². The van der Waals surface area contributed by atoms with E-state index in [1.807, 2.05) is 0 Å². The van der Waals surface area contributed by atoms with Gasteiger partial charge in [-0.3, -0.25) is 0 Å². The molecule has 17 heavy (non-hydrogen) atoms. The third-order valence-corrected chi connectivity index (χ3v) is 3.66. The second-order valence-electron chi connectivity index (χ2n) is 4.90. The van der Waals surface area contributed by atoms with Gasteiger partial charge in [-0.1, -0.05) is 6.92 Å². The van der Waals surface area contributed by atoms with Crippen molar-refractivity contribution in [3.8, 4) is 0 Å². The van der Waals surface area contributed by atoms with Gasteiger partial charge in [-0.2, -0.15) is 0 Å². The monoisotopic (exact) mass is 237 g/mol. The maximum Gasteiger partial charge on any atom is 0.159 e. The number of rotatable bonds is 3. The highest BCUT2D eigenvalue weighted by Gasteiger charge is 2.24. The number of nitrogens with zero attached hydrogens (tertiary/aromatic N) is 3. The fraction of sp³-hybridized carbons (Fsp3) is 0.692. The van der Waals surface area contributed by atoms with Gasteiger partial charge in [0, 0.05) is 19.0 Å². The Morgan fingerprint density at radius 3 is 2.71 bits per heavy atom. The van der Waals surface area contributed by atoms with E-state index in [4.69, 9.17) is 0 Å². The largest absolute Gasteiger partial charge is 0.301 e. The molecule has 2 unspecified atom stereocenters. The molecule has 0 aliphatic carbocycles. The van der Waals surface area contributed by atoms with Crippen LogP contribution in [0, 0.1) is 11.7 Å². The maximum atomic E-state index is 12.7. The van der Waals surface area contributed by atoms with E-state index in [1.165, 1.54) is 25.2 Å². The number of hydrogen-bond donors (Lipinski definition) is 0. The van der Waals surface area contributed by atoms with Crippen LogP contribution in [-0.2, 0) is 6.42 Å². The lowest BCUT2D eigenvalue weighted by Crippen LogP contribution is -2.42. The lowest BCUT2D eigenvalue weighted by Gasteiger charge is -2.37. The number of piperidine rings is 1. The van der Waals surface area contributed by atoms with Crippen LogP contribution in [-0.4, -0.2) is 34.0 Å². The van der Waals surface area contributed by atoms with Crippen molar-refractivity contribution in [2.24, 2.45) is 5.92 Å². The lowest BCUT2D eigenvalue weighted by molar-refractivity contribution is 0.123. The molecule has 2 rings (SSSR count). The molecule has 1 aliphatic rings. The van der Waals surface area contributed by atoms with E-state index < -0.39 is 0 Å². The molecular formula is C13H20FN3. The van der Waals surface area contributed by atoms with Crippen molar-refractivity contribution in [2.75, 3.05) is 13.1 Å². The molecule has 0 N–H and O–H groups in total. The Morgan fingerprint density at radius 1 is 1.35 bits per heavy atom. The first-order chi connectivity index (χ1) is 8.19. The number of halogens is 1. The molecule has 0 saturated carbocycles. The van der Waals surface area contributed by atoms with Gasteiger partial charge in [0.2, 0.25) is 0 Å². The van der Waals surface area contributed by atoms with Gasteiger partial charge in [0.25, 0.3) is 0 Å². The fourth-order valence-electron chi connectivity index (χ4n) is 2.57. The van der Waals surface area contributed by atoms with Gasteiger partial charge in [-0.05, 0) is 32.2 Å². The first kappa shape index (κ1) is 12.4. The smallest absolute Gasteiger partial charge is 0.159 e. The molecule has 1 aliphatic heterocycles. The van der Waals surface area contributed by atoms with Gasteiger partial charge in [-0.25, -0.2) is 14.4 Å². The fourth-order valence-corrected chi connectivity index (χ4v) is 2.57. The van der Waals surface area contributed by atoms with Gasteiger partial charge in [0.1, 0.15) is 5.82 Å². The predicted octanol–water partition coefficient (Wildman–Crippen LogP) is 2.28. The molecular weight excluding hydrogens is 217 g/mol. The number of hydrogen-bond acceptors (Lipinski definition) is 3. The van der Waals surface area contributed by atoms with E-state index in [1.54, 1.807) is 0 Å². The highest BCUT2D eigenvalue weighted by atomic mass is 19.1. The summed E-state index contributed by atoms with van der Waals surface area (Å²) >= 11 is 0. The van der Waals surface area contributed by atoms with E-state index in [0.717, 1.165) is 25.3 Å². The summed E-state index contributed by atoms with van der Waals surface area (Å²) in [6.07, 6.45) is 5.83. The third kappa shape index (κ3) is 3.22. The molecule has 4 heteroatoms. The Labute approximate surface area is 102 Å². The molecule has 0 amide bonds. The summed E-state index contributed by atoms with van der Waals surface area (Å²) in [5.41, 5.74) is 0. The van der Waals surface area contributed by atoms with Gasteiger partial charge in [0.15, 0.2) is 5.82 Å². The topological polar surface area (TPSA) is 29.0 Å². The summed E-state index contributed by atoms with van der Waals surface area (Å²) in [4.78, 5) is 10.6. The molecule has 0 aromatic carbocycles. The zero-order valence-electron chi connectivity index (χ0n) is 10.6. The van der Waals surface area contributed by atoms with Gasteiger partial charge < -0.3 is 4.90 Å². The maximum absolute atomic E-state index is 12.7. The zero-order valence-corrected chi connectivity index (χ0v) is 10.6. The Balaban J connectivity index is 1.93. The van der Waals surface area contributed by atoms with Crippen molar-refractivity contribution in [2.45, 2.75) is 39.2 Å². The summed E-state index contributed by atoms with van der Waals surface area (Å²) in [5.74, 6) is 1.01. The van der Waals surface area contributed by atoms with Gasteiger partial charge in [0.05, 0.1) is 12.4 Å². The quantitative estimate of drug-likeness (QED) is 0.807. The molecule has 0 spiro atoms. The van der Waals surface area contributed by atoms with E-state index in [0.29, 0.717) is 12.0 Å². The van der Waals surface area contributed by atoms with Crippen LogP contribution in [0.1, 0.15) is 32.5 Å². The second kappa shape index (κ2) is 5.54. The Morgan fingerprint density at radius 2 is 2.06 bits per heavy atom. The summed E-state index contributed by atoms with van der Waals surface area (Å²) in [7, 11) is 0. The van der Waals surface area contributed by atoms with E-state index in [-0.39, 0.29) is 5.82 Å². The number of aromatic nitrogens is 2. The minimum atomic E-state index is -0.360. The molecule has 1 fully saturated rings. The molecule has 2 heterocycles. The number of likely N-dealkylation sites (tertiary alicyclic amines) is 1. The van der Waals surface area contributed by atoms with Crippen LogP contribution in [0.4, 0.5) is 4.39 Å². The van der Waals surface area contributed by atoms with Crippen molar-refractivity contribution in [1.82, 2.24) is 14.9 Å². The molecule has 1 aromatic heterocycles. The summed E-state index contributed by atoms with van der Waals surface area (Å²) < 4.78 is 12.7. The normalized spacial score (nSPS) is 26.1. The Hall–Kier alpha value is -1.03. The Bertz CT molecular complexity index is 352. The average molecular weight is 237 g/mol. The standard InChI is InChI=1S/C13H20FN3/c1-3-17-9-11(5-4-10(17)2)6-13-15-7-12(14)8-16-13/h7-8,10-11H,3-6,9H2,1-2H3. The van der Waals surface area contributed by atoms with E-state index >= 15 is 0 Å². The molecule has 0 bridgehead atoms. The van der Waals surface area contributed by atoms with E-state index in [9.17, 15) is 4.39 Å². The van der Waals surface area contributed by atoms with Crippen molar-refractivity contribution in [1.29, 1.82) is 0 Å².